The van der Waals surface area contributed by atoms with Crippen LogP contribution >= 0.6 is 0 Å². The molecule has 1 saturated carbocycles. The van der Waals surface area contributed by atoms with E-state index in [1.807, 2.05) is 18.2 Å². The van der Waals surface area contributed by atoms with Gasteiger partial charge in [0.25, 0.3) is 0 Å². The van der Waals surface area contributed by atoms with Gasteiger partial charge in [-0.2, -0.15) is 0 Å². The van der Waals surface area contributed by atoms with Crippen molar-refractivity contribution in [1.29, 1.82) is 0 Å². The van der Waals surface area contributed by atoms with Crippen LogP contribution in [0.4, 0.5) is 0 Å². The van der Waals surface area contributed by atoms with E-state index >= 15 is 0 Å². The van der Waals surface area contributed by atoms with E-state index in [0.29, 0.717) is 6.61 Å². The van der Waals surface area contributed by atoms with Gasteiger partial charge in [0.2, 0.25) is 0 Å². The highest BCUT2D eigenvalue weighted by atomic mass is 16.5. The lowest BCUT2D eigenvalue weighted by atomic mass is 9.83. The monoisotopic (exact) mass is 300 g/mol. The zero-order chi connectivity index (χ0) is 15.7. The molecule has 118 valence electrons. The maximum absolute atomic E-state index is 11.0. The average molecular weight is 300 g/mol. The SMILES string of the molecule is C=C[C@@H]1CC[C@@H](C=C)C1(O)COC1Cc2cc(OC)ccc21. The molecule has 0 spiro atoms. The number of hydrogen-bond acceptors (Lipinski definition) is 3. The van der Waals surface area contributed by atoms with Gasteiger partial charge in [0.15, 0.2) is 0 Å². The Hall–Kier alpha value is -1.58. The lowest BCUT2D eigenvalue weighted by Crippen LogP contribution is -2.44. The molecule has 22 heavy (non-hydrogen) atoms. The van der Waals surface area contributed by atoms with Gasteiger partial charge in [-0.15, -0.1) is 13.2 Å². The third-order valence-corrected chi connectivity index (χ3v) is 5.26. The Bertz CT molecular complexity index is 562. The summed E-state index contributed by atoms with van der Waals surface area (Å²) in [6, 6.07) is 6.06. The van der Waals surface area contributed by atoms with Gasteiger partial charge in [-0.3, -0.25) is 0 Å². The van der Waals surface area contributed by atoms with E-state index < -0.39 is 5.60 Å². The second-order valence-electron chi connectivity index (χ2n) is 6.32. The maximum Gasteiger partial charge on any atom is 0.119 e. The summed E-state index contributed by atoms with van der Waals surface area (Å²) in [5.41, 5.74) is 1.60. The van der Waals surface area contributed by atoms with E-state index in [-0.39, 0.29) is 17.9 Å². The van der Waals surface area contributed by atoms with Gasteiger partial charge in [-0.25, -0.2) is 0 Å². The molecule has 3 atom stereocenters. The second kappa shape index (κ2) is 5.90. The molecular formula is C19H24O3. The molecule has 3 heteroatoms. The molecule has 3 nitrogen and oxygen atoms in total. The number of hydrogen-bond donors (Lipinski definition) is 1. The van der Waals surface area contributed by atoms with Crippen LogP contribution < -0.4 is 4.74 Å². The highest BCUT2D eigenvalue weighted by Crippen LogP contribution is 2.44. The summed E-state index contributed by atoms with van der Waals surface area (Å²) < 4.78 is 11.3. The topological polar surface area (TPSA) is 38.7 Å². The summed E-state index contributed by atoms with van der Waals surface area (Å²) in [5.74, 6) is 1.03. The summed E-state index contributed by atoms with van der Waals surface area (Å²) in [6.45, 7) is 8.05. The lowest BCUT2D eigenvalue weighted by Gasteiger charge is -2.37. The number of fused-ring (bicyclic) bond motifs is 1. The number of methoxy groups -OCH3 is 1. The minimum absolute atomic E-state index is 0.0708. The molecule has 1 N–H and O–H groups in total. The van der Waals surface area contributed by atoms with Crippen molar-refractivity contribution in [2.45, 2.75) is 31.0 Å². The van der Waals surface area contributed by atoms with Crippen molar-refractivity contribution in [2.24, 2.45) is 11.8 Å². The van der Waals surface area contributed by atoms with Gasteiger partial charge in [-0.1, -0.05) is 18.2 Å². The fraction of sp³-hybridized carbons (Fsp3) is 0.474. The molecule has 0 aromatic heterocycles. The molecule has 1 aromatic rings. The smallest absolute Gasteiger partial charge is 0.119 e. The molecule has 3 rings (SSSR count). The van der Waals surface area contributed by atoms with Crippen molar-refractivity contribution in [2.75, 3.05) is 13.7 Å². The predicted octanol–water partition coefficient (Wildman–Crippen LogP) is 3.44. The van der Waals surface area contributed by atoms with Crippen molar-refractivity contribution in [1.82, 2.24) is 0 Å². The van der Waals surface area contributed by atoms with Crippen LogP contribution in [0.5, 0.6) is 5.75 Å². The summed E-state index contributed by atoms with van der Waals surface area (Å²) in [6.07, 6.45) is 6.54. The Balaban J connectivity index is 1.67. The van der Waals surface area contributed by atoms with Crippen LogP contribution in [-0.2, 0) is 11.2 Å². The lowest BCUT2D eigenvalue weighted by molar-refractivity contribution is -0.105. The van der Waals surface area contributed by atoms with Gasteiger partial charge in [0, 0.05) is 18.3 Å². The van der Waals surface area contributed by atoms with Crippen LogP contribution in [-0.4, -0.2) is 24.4 Å². The first kappa shape index (κ1) is 15.3. The van der Waals surface area contributed by atoms with Crippen molar-refractivity contribution in [3.63, 3.8) is 0 Å². The first-order valence-electron chi connectivity index (χ1n) is 7.88. The fourth-order valence-corrected chi connectivity index (χ4v) is 3.75. The maximum atomic E-state index is 11.0. The molecule has 1 unspecified atom stereocenters. The predicted molar refractivity (Wildman–Crippen MR) is 86.9 cm³/mol. The third-order valence-electron chi connectivity index (χ3n) is 5.26. The summed E-state index contributed by atoms with van der Waals surface area (Å²) in [4.78, 5) is 0. The Kier molecular flexibility index (Phi) is 4.11. The second-order valence-corrected chi connectivity index (χ2v) is 6.32. The summed E-state index contributed by atoms with van der Waals surface area (Å²) >= 11 is 0. The van der Waals surface area contributed by atoms with Crippen molar-refractivity contribution in [3.8, 4) is 5.75 Å². The van der Waals surface area contributed by atoms with Crippen LogP contribution in [0.25, 0.3) is 0 Å². The normalized spacial score (nSPS) is 28.5. The minimum Gasteiger partial charge on any atom is -0.497 e. The van der Waals surface area contributed by atoms with Gasteiger partial charge in [0.05, 0.1) is 19.8 Å². The standard InChI is InChI=1S/C19H24O3/c1-4-14-6-7-15(5-2)19(14,20)12-22-18-11-13-10-16(21-3)8-9-17(13)18/h4-5,8-10,14-15,18,20H,1-2,6-7,11-12H2,3H3/t14-,15-,18?/m1/s1. The van der Waals surface area contributed by atoms with Crippen molar-refractivity contribution < 1.29 is 14.6 Å². The Morgan fingerprint density at radius 1 is 1.27 bits per heavy atom. The van der Waals surface area contributed by atoms with Crippen LogP contribution in [0.2, 0.25) is 0 Å². The van der Waals surface area contributed by atoms with Crippen LogP contribution in [0.1, 0.15) is 30.1 Å². The molecular weight excluding hydrogens is 276 g/mol. The number of ether oxygens (including phenoxy) is 2. The molecule has 1 aromatic carbocycles. The highest BCUT2D eigenvalue weighted by molar-refractivity contribution is 5.43. The molecule has 0 bridgehead atoms. The highest BCUT2D eigenvalue weighted by Gasteiger charge is 2.47. The van der Waals surface area contributed by atoms with Crippen molar-refractivity contribution >= 4 is 0 Å². The Labute approximate surface area is 132 Å². The van der Waals surface area contributed by atoms with Crippen LogP contribution in [0.15, 0.2) is 43.5 Å². The van der Waals surface area contributed by atoms with E-state index in [1.54, 1.807) is 7.11 Å². The van der Waals surface area contributed by atoms with Gasteiger partial charge >= 0.3 is 0 Å². The van der Waals surface area contributed by atoms with E-state index in [0.717, 1.165) is 25.0 Å². The van der Waals surface area contributed by atoms with Gasteiger partial charge in [0.1, 0.15) is 11.4 Å². The average Bonchev–Trinajstić information content (AvgIpc) is 2.83. The quantitative estimate of drug-likeness (QED) is 0.818. The van der Waals surface area contributed by atoms with Crippen LogP contribution in [0, 0.1) is 11.8 Å². The van der Waals surface area contributed by atoms with E-state index in [2.05, 4.69) is 25.3 Å². The minimum atomic E-state index is -0.869. The molecule has 0 aliphatic heterocycles. The third kappa shape index (κ3) is 2.38. The molecule has 0 radical (unpaired) electrons. The molecule has 0 amide bonds. The molecule has 0 heterocycles. The number of rotatable bonds is 6. The van der Waals surface area contributed by atoms with E-state index in [9.17, 15) is 5.11 Å². The molecule has 2 aliphatic rings. The van der Waals surface area contributed by atoms with E-state index in [1.165, 1.54) is 11.1 Å². The van der Waals surface area contributed by atoms with Gasteiger partial charge < -0.3 is 14.6 Å². The van der Waals surface area contributed by atoms with E-state index in [4.69, 9.17) is 9.47 Å². The Morgan fingerprint density at radius 3 is 2.50 bits per heavy atom. The zero-order valence-electron chi connectivity index (χ0n) is 13.1. The summed E-state index contributed by atoms with van der Waals surface area (Å²) in [7, 11) is 1.68. The number of benzene rings is 1. The first-order valence-corrected chi connectivity index (χ1v) is 7.88. The first-order chi connectivity index (χ1) is 10.6. The van der Waals surface area contributed by atoms with Crippen LogP contribution in [0.3, 0.4) is 0 Å². The van der Waals surface area contributed by atoms with Gasteiger partial charge in [-0.05, 0) is 36.1 Å². The molecule has 1 fully saturated rings. The van der Waals surface area contributed by atoms with Crippen molar-refractivity contribution in [3.05, 3.63) is 54.6 Å². The Morgan fingerprint density at radius 2 is 1.95 bits per heavy atom. The fourth-order valence-electron chi connectivity index (χ4n) is 3.75. The molecule has 0 saturated heterocycles. The summed E-state index contributed by atoms with van der Waals surface area (Å²) in [5, 5.41) is 11.0. The largest absolute Gasteiger partial charge is 0.497 e. The molecule has 2 aliphatic carbocycles. The number of aliphatic hydroxyl groups is 1. The zero-order valence-corrected chi connectivity index (χ0v) is 13.1.